The zero-order valence-corrected chi connectivity index (χ0v) is 5.30. The monoisotopic (exact) mass is 147 g/mol. The van der Waals surface area contributed by atoms with Crippen molar-refractivity contribution < 1.29 is 13.5 Å². The van der Waals surface area contributed by atoms with Crippen LogP contribution in [0.3, 0.4) is 0 Å². The number of hydrogen-bond donors (Lipinski definition) is 1. The summed E-state index contributed by atoms with van der Waals surface area (Å²) < 4.78 is 21.2. The minimum absolute atomic E-state index is 0.0394. The number of aliphatic imine (C=N–C) groups is 1. The van der Waals surface area contributed by atoms with Crippen LogP contribution in [0.2, 0.25) is 0 Å². The number of sulfone groups is 1. The summed E-state index contributed by atoms with van der Waals surface area (Å²) in [6.45, 7) is -0.470. The summed E-state index contributed by atoms with van der Waals surface area (Å²) in [4.78, 5) is 3.31. The molecule has 1 aliphatic heterocycles. The van der Waals surface area contributed by atoms with Gasteiger partial charge in [0.15, 0.2) is 0 Å². The molecule has 50 valence electrons. The summed E-state index contributed by atoms with van der Waals surface area (Å²) >= 11 is 0. The van der Waals surface area contributed by atoms with Crippen molar-refractivity contribution in [2.75, 3.05) is 6.61 Å². The Labute approximate surface area is 52.5 Å². The highest BCUT2D eigenvalue weighted by molar-refractivity contribution is 8.08. The van der Waals surface area contributed by atoms with Gasteiger partial charge in [-0.3, -0.25) is 4.99 Å². The molecule has 0 fully saturated rings. The molecule has 1 heterocycles. The fraction of sp³-hybridized carbons (Fsp3) is 0.250. The quantitative estimate of drug-likeness (QED) is 0.532. The van der Waals surface area contributed by atoms with Gasteiger partial charge in [0.05, 0.1) is 11.5 Å². The Morgan fingerprint density at radius 2 is 2.33 bits per heavy atom. The van der Waals surface area contributed by atoms with E-state index in [-0.39, 0.29) is 4.91 Å². The van der Waals surface area contributed by atoms with Crippen LogP contribution in [-0.4, -0.2) is 25.7 Å². The lowest BCUT2D eigenvalue weighted by molar-refractivity contribution is 0.338. The Balaban J connectivity index is 3.07. The predicted molar refractivity (Wildman–Crippen MR) is 32.6 cm³/mol. The van der Waals surface area contributed by atoms with Crippen LogP contribution in [0.15, 0.2) is 16.1 Å². The molecule has 4 nitrogen and oxygen atoms in total. The summed E-state index contributed by atoms with van der Waals surface area (Å²) in [5, 5.41) is 8.37. The topological polar surface area (TPSA) is 66.7 Å². The van der Waals surface area contributed by atoms with E-state index >= 15 is 0 Å². The van der Waals surface area contributed by atoms with E-state index in [4.69, 9.17) is 5.11 Å². The van der Waals surface area contributed by atoms with Crippen LogP contribution in [0.25, 0.3) is 0 Å². The number of aliphatic hydroxyl groups excluding tert-OH is 1. The molecule has 5 heteroatoms. The Hall–Kier alpha value is -0.680. The number of rotatable bonds is 1. The molecule has 1 rings (SSSR count). The van der Waals surface area contributed by atoms with Gasteiger partial charge < -0.3 is 5.11 Å². The van der Waals surface area contributed by atoms with E-state index in [2.05, 4.69) is 4.99 Å². The minimum atomic E-state index is -3.32. The SMILES string of the molecule is O=S1(=O)C=NC=C1CO. The summed E-state index contributed by atoms with van der Waals surface area (Å²) in [6.07, 6.45) is 1.13. The molecule has 0 saturated heterocycles. The van der Waals surface area contributed by atoms with E-state index < -0.39 is 16.4 Å². The van der Waals surface area contributed by atoms with Crippen LogP contribution >= 0.6 is 0 Å². The largest absolute Gasteiger partial charge is 0.391 e. The third kappa shape index (κ3) is 1.01. The third-order valence-electron chi connectivity index (χ3n) is 0.939. The first-order chi connectivity index (χ1) is 4.17. The summed E-state index contributed by atoms with van der Waals surface area (Å²) in [5.41, 5.74) is 0.818. The van der Waals surface area contributed by atoms with Crippen LogP contribution in [0.5, 0.6) is 0 Å². The van der Waals surface area contributed by atoms with E-state index in [0.29, 0.717) is 0 Å². The van der Waals surface area contributed by atoms with Gasteiger partial charge in [0.25, 0.3) is 0 Å². The zero-order valence-electron chi connectivity index (χ0n) is 4.48. The van der Waals surface area contributed by atoms with E-state index in [1.165, 1.54) is 0 Å². The highest BCUT2D eigenvalue weighted by atomic mass is 32.2. The van der Waals surface area contributed by atoms with Gasteiger partial charge in [-0.25, -0.2) is 8.42 Å². The minimum Gasteiger partial charge on any atom is -0.391 e. The molecule has 0 radical (unpaired) electrons. The maximum atomic E-state index is 10.6. The van der Waals surface area contributed by atoms with E-state index in [1.807, 2.05) is 0 Å². The zero-order chi connectivity index (χ0) is 6.91. The third-order valence-corrected chi connectivity index (χ3v) is 2.30. The van der Waals surface area contributed by atoms with Crippen LogP contribution in [0.1, 0.15) is 0 Å². The molecule has 1 N–H and O–H groups in total. The van der Waals surface area contributed by atoms with Gasteiger partial charge in [0.1, 0.15) is 5.55 Å². The molecule has 0 aromatic carbocycles. The Morgan fingerprint density at radius 1 is 1.67 bits per heavy atom. The lowest BCUT2D eigenvalue weighted by Crippen LogP contribution is -2.03. The molecule has 0 saturated carbocycles. The van der Waals surface area contributed by atoms with Crippen molar-refractivity contribution >= 4 is 15.4 Å². The van der Waals surface area contributed by atoms with E-state index in [1.54, 1.807) is 0 Å². The normalized spacial score (nSPS) is 22.1. The lowest BCUT2D eigenvalue weighted by atomic mass is 10.6. The molecule has 0 spiro atoms. The smallest absolute Gasteiger partial charge is 0.216 e. The van der Waals surface area contributed by atoms with Gasteiger partial charge in [-0.2, -0.15) is 0 Å². The molecule has 0 bridgehead atoms. The van der Waals surface area contributed by atoms with E-state index in [0.717, 1.165) is 11.7 Å². The summed E-state index contributed by atoms with van der Waals surface area (Å²) in [7, 11) is -3.32. The van der Waals surface area contributed by atoms with Gasteiger partial charge in [-0.1, -0.05) is 0 Å². The van der Waals surface area contributed by atoms with Gasteiger partial charge >= 0.3 is 0 Å². The maximum Gasteiger partial charge on any atom is 0.216 e. The molecule has 0 amide bonds. The molecular formula is C4H5NO3S. The molecule has 0 aromatic rings. The molecule has 0 aliphatic carbocycles. The highest BCUT2D eigenvalue weighted by Gasteiger charge is 2.17. The predicted octanol–water partition coefficient (Wildman–Crippen LogP) is -0.723. The molecule has 0 aromatic heterocycles. The summed E-state index contributed by atoms with van der Waals surface area (Å²) in [5.74, 6) is 0. The van der Waals surface area contributed by atoms with Crippen molar-refractivity contribution in [2.45, 2.75) is 0 Å². The van der Waals surface area contributed by atoms with Crippen molar-refractivity contribution in [1.29, 1.82) is 0 Å². The van der Waals surface area contributed by atoms with Crippen LogP contribution < -0.4 is 0 Å². The van der Waals surface area contributed by atoms with Gasteiger partial charge in [0, 0.05) is 6.20 Å². The maximum absolute atomic E-state index is 10.6. The Morgan fingerprint density at radius 3 is 2.56 bits per heavy atom. The van der Waals surface area contributed by atoms with Crippen LogP contribution in [0.4, 0.5) is 0 Å². The standard InChI is InChI=1S/C4H5NO3S/c6-2-4-1-5-3-9(4,7)8/h1,3,6H,2H2. The second-order valence-corrected chi connectivity index (χ2v) is 3.38. The average Bonchev–Trinajstić information content (AvgIpc) is 2.08. The molecule has 1 aliphatic rings. The van der Waals surface area contributed by atoms with Crippen molar-refractivity contribution in [2.24, 2.45) is 4.99 Å². The van der Waals surface area contributed by atoms with Crippen molar-refractivity contribution in [3.8, 4) is 0 Å². The number of aliphatic hydroxyl groups is 1. The first kappa shape index (κ1) is 6.44. The first-order valence-electron chi connectivity index (χ1n) is 2.25. The molecule has 9 heavy (non-hydrogen) atoms. The first-order valence-corrected chi connectivity index (χ1v) is 3.79. The van der Waals surface area contributed by atoms with Gasteiger partial charge in [-0.05, 0) is 0 Å². The molecular weight excluding hydrogens is 142 g/mol. The second-order valence-electron chi connectivity index (χ2n) is 1.55. The van der Waals surface area contributed by atoms with Gasteiger partial charge in [0.2, 0.25) is 9.84 Å². The van der Waals surface area contributed by atoms with Crippen LogP contribution in [0, 0.1) is 0 Å². The van der Waals surface area contributed by atoms with Crippen LogP contribution in [-0.2, 0) is 9.84 Å². The average molecular weight is 147 g/mol. The molecule has 0 atom stereocenters. The van der Waals surface area contributed by atoms with E-state index in [9.17, 15) is 8.42 Å². The second kappa shape index (κ2) is 1.93. The van der Waals surface area contributed by atoms with Crippen molar-refractivity contribution in [3.05, 3.63) is 11.1 Å². The van der Waals surface area contributed by atoms with Gasteiger partial charge in [-0.15, -0.1) is 0 Å². The Kier molecular flexibility index (Phi) is 1.38. The number of nitrogens with zero attached hydrogens (tertiary/aromatic N) is 1. The fourth-order valence-electron chi connectivity index (χ4n) is 0.466. The highest BCUT2D eigenvalue weighted by Crippen LogP contribution is 2.09. The lowest BCUT2D eigenvalue weighted by Gasteiger charge is -1.90. The van der Waals surface area contributed by atoms with Crippen molar-refractivity contribution in [1.82, 2.24) is 0 Å². The fourth-order valence-corrected chi connectivity index (χ4v) is 1.21. The molecule has 0 unspecified atom stereocenters. The Bertz CT molecular complexity index is 262. The number of hydrogen-bond acceptors (Lipinski definition) is 4. The van der Waals surface area contributed by atoms with Crippen molar-refractivity contribution in [3.63, 3.8) is 0 Å². The summed E-state index contributed by atoms with van der Waals surface area (Å²) in [6, 6.07) is 0.